The molecule has 0 radical (unpaired) electrons. The summed E-state index contributed by atoms with van der Waals surface area (Å²) in [7, 11) is 0. The topological polar surface area (TPSA) is 88.8 Å². The van der Waals surface area contributed by atoms with Gasteiger partial charge in [-0.05, 0) is 36.1 Å². The van der Waals surface area contributed by atoms with Crippen molar-refractivity contribution in [2.24, 2.45) is 5.92 Å². The molecule has 1 heterocycles. The molecule has 0 aliphatic carbocycles. The normalized spacial score (nSPS) is 12.1. The summed E-state index contributed by atoms with van der Waals surface area (Å²) < 4.78 is 11.0. The van der Waals surface area contributed by atoms with Crippen molar-refractivity contribution in [1.82, 2.24) is 5.32 Å². The Kier molecular flexibility index (Phi) is 7.41. The number of carbonyl (C=O) groups is 2. The Hall–Kier alpha value is -2.60. The third-order valence-corrected chi connectivity index (χ3v) is 3.83. The van der Waals surface area contributed by atoms with Gasteiger partial charge < -0.3 is 19.6 Å². The van der Waals surface area contributed by atoms with Gasteiger partial charge in [-0.2, -0.15) is 0 Å². The molecule has 26 heavy (non-hydrogen) atoms. The molecule has 1 aromatic carbocycles. The molecule has 1 atom stereocenters. The fourth-order valence-corrected chi connectivity index (χ4v) is 2.57. The predicted molar refractivity (Wildman–Crippen MR) is 97.0 cm³/mol. The minimum Gasteiger partial charge on any atom is -0.478 e. The summed E-state index contributed by atoms with van der Waals surface area (Å²) >= 11 is 0. The largest absolute Gasteiger partial charge is 0.478 e. The zero-order valence-corrected chi connectivity index (χ0v) is 15.1. The molecule has 0 saturated carbocycles. The van der Waals surface area contributed by atoms with Gasteiger partial charge in [0.1, 0.15) is 11.8 Å². The number of ether oxygens (including phenoxy) is 1. The Morgan fingerprint density at radius 3 is 2.58 bits per heavy atom. The lowest BCUT2D eigenvalue weighted by Crippen LogP contribution is -2.32. The van der Waals surface area contributed by atoms with Crippen LogP contribution in [0.3, 0.4) is 0 Å². The Bertz CT molecular complexity index is 709. The van der Waals surface area contributed by atoms with Crippen molar-refractivity contribution in [3.8, 4) is 0 Å². The minimum atomic E-state index is -0.989. The van der Waals surface area contributed by atoms with Crippen molar-refractivity contribution < 1.29 is 23.8 Å². The summed E-state index contributed by atoms with van der Waals surface area (Å²) in [5.41, 5.74) is 0.865. The number of amides is 1. The van der Waals surface area contributed by atoms with Crippen molar-refractivity contribution in [2.45, 2.75) is 32.7 Å². The van der Waals surface area contributed by atoms with Gasteiger partial charge >= 0.3 is 5.97 Å². The van der Waals surface area contributed by atoms with Gasteiger partial charge in [-0.25, -0.2) is 4.79 Å². The first-order chi connectivity index (χ1) is 12.5. The average molecular weight is 359 g/mol. The smallest absolute Gasteiger partial charge is 0.335 e. The van der Waals surface area contributed by atoms with E-state index in [4.69, 9.17) is 9.15 Å². The number of rotatable bonds is 10. The fourth-order valence-electron chi connectivity index (χ4n) is 2.57. The second-order valence-electron chi connectivity index (χ2n) is 6.53. The molecule has 2 rings (SSSR count). The molecule has 2 aromatic rings. The van der Waals surface area contributed by atoms with Crippen LogP contribution in [0.2, 0.25) is 0 Å². The summed E-state index contributed by atoms with van der Waals surface area (Å²) in [6.07, 6.45) is 2.09. The number of carboxylic acids is 1. The number of benzene rings is 1. The number of hydrogen-bond acceptors (Lipinski definition) is 4. The van der Waals surface area contributed by atoms with Crippen molar-refractivity contribution in [3.63, 3.8) is 0 Å². The molecule has 6 nitrogen and oxygen atoms in total. The molecule has 6 heteroatoms. The van der Waals surface area contributed by atoms with Gasteiger partial charge in [-0.15, -0.1) is 0 Å². The number of carboxylic acid groups (broad SMARTS) is 1. The van der Waals surface area contributed by atoms with Crippen molar-refractivity contribution in [3.05, 3.63) is 59.5 Å². The molecular weight excluding hydrogens is 334 g/mol. The molecule has 140 valence electrons. The molecule has 1 unspecified atom stereocenters. The van der Waals surface area contributed by atoms with E-state index in [0.717, 1.165) is 0 Å². The van der Waals surface area contributed by atoms with Crippen LogP contribution in [-0.2, 0) is 16.0 Å². The molecule has 0 bridgehead atoms. The molecule has 0 aliphatic heterocycles. The van der Waals surface area contributed by atoms with E-state index >= 15 is 0 Å². The lowest BCUT2D eigenvalue weighted by atomic mass is 10.0. The Morgan fingerprint density at radius 2 is 1.92 bits per heavy atom. The van der Waals surface area contributed by atoms with Gasteiger partial charge in [0.15, 0.2) is 0 Å². The van der Waals surface area contributed by atoms with Gasteiger partial charge in [0.2, 0.25) is 5.91 Å². The third-order valence-electron chi connectivity index (χ3n) is 3.83. The molecule has 0 aliphatic rings. The van der Waals surface area contributed by atoms with Gasteiger partial charge in [0.05, 0.1) is 18.4 Å². The maximum Gasteiger partial charge on any atom is 0.335 e. The standard InChI is InChI=1S/C20H25NO5/c1-14(2)12-25-13-17(18-8-5-11-26-18)21-19(22)10-9-15-6-3-4-7-16(15)20(23)24/h3-8,11,14,17H,9-10,12-13H2,1-2H3,(H,21,22)(H,23,24). The third kappa shape index (κ3) is 6.04. The van der Waals surface area contributed by atoms with Crippen LogP contribution < -0.4 is 5.32 Å². The Morgan fingerprint density at radius 1 is 1.15 bits per heavy atom. The van der Waals surface area contributed by atoms with E-state index < -0.39 is 5.97 Å². The van der Waals surface area contributed by atoms with E-state index in [9.17, 15) is 14.7 Å². The zero-order chi connectivity index (χ0) is 18.9. The van der Waals surface area contributed by atoms with Crippen molar-refractivity contribution in [2.75, 3.05) is 13.2 Å². The first kappa shape index (κ1) is 19.7. The summed E-state index contributed by atoms with van der Waals surface area (Å²) in [6.45, 7) is 5.03. The molecule has 1 aromatic heterocycles. The number of aryl methyl sites for hydroxylation is 1. The van der Waals surface area contributed by atoms with Crippen LogP contribution >= 0.6 is 0 Å². The van der Waals surface area contributed by atoms with E-state index in [1.807, 2.05) is 0 Å². The number of aromatic carboxylic acids is 1. The highest BCUT2D eigenvalue weighted by atomic mass is 16.5. The van der Waals surface area contributed by atoms with E-state index in [-0.39, 0.29) is 23.9 Å². The highest BCUT2D eigenvalue weighted by Gasteiger charge is 2.18. The Labute approximate surface area is 153 Å². The number of hydrogen-bond donors (Lipinski definition) is 2. The summed E-state index contributed by atoms with van der Waals surface area (Å²) in [5, 5.41) is 12.1. The first-order valence-electron chi connectivity index (χ1n) is 8.69. The van der Waals surface area contributed by atoms with Gasteiger partial charge in [0, 0.05) is 13.0 Å². The second kappa shape index (κ2) is 9.77. The van der Waals surface area contributed by atoms with Gasteiger partial charge in [-0.1, -0.05) is 32.0 Å². The SMILES string of the molecule is CC(C)COCC(NC(=O)CCc1ccccc1C(=O)O)c1ccco1. The van der Waals surface area contributed by atoms with Crippen LogP contribution in [0.1, 0.15) is 48.0 Å². The molecule has 1 amide bonds. The highest BCUT2D eigenvalue weighted by molar-refractivity contribution is 5.89. The monoisotopic (exact) mass is 359 g/mol. The van der Waals surface area contributed by atoms with Gasteiger partial charge in [0.25, 0.3) is 0 Å². The quantitative estimate of drug-likeness (QED) is 0.678. The van der Waals surface area contributed by atoms with Crippen LogP contribution in [0.4, 0.5) is 0 Å². The van der Waals surface area contributed by atoms with E-state index in [2.05, 4.69) is 19.2 Å². The highest BCUT2D eigenvalue weighted by Crippen LogP contribution is 2.16. The lowest BCUT2D eigenvalue weighted by Gasteiger charge is -2.18. The lowest BCUT2D eigenvalue weighted by molar-refractivity contribution is -0.122. The molecular formula is C20H25NO5. The molecule has 2 N–H and O–H groups in total. The van der Waals surface area contributed by atoms with Crippen LogP contribution in [0.15, 0.2) is 47.1 Å². The number of carbonyl (C=O) groups excluding carboxylic acids is 1. The van der Waals surface area contributed by atoms with E-state index in [1.54, 1.807) is 42.7 Å². The maximum absolute atomic E-state index is 12.3. The first-order valence-corrected chi connectivity index (χ1v) is 8.69. The maximum atomic E-state index is 12.3. The molecule has 0 spiro atoms. The number of nitrogens with one attached hydrogen (secondary N) is 1. The fraction of sp³-hybridized carbons (Fsp3) is 0.400. The second-order valence-corrected chi connectivity index (χ2v) is 6.53. The average Bonchev–Trinajstić information content (AvgIpc) is 3.13. The summed E-state index contributed by atoms with van der Waals surface area (Å²) in [5.74, 6) is -0.139. The van der Waals surface area contributed by atoms with Crippen LogP contribution in [-0.4, -0.2) is 30.2 Å². The number of furan rings is 1. The molecule has 0 fully saturated rings. The van der Waals surface area contributed by atoms with Crippen molar-refractivity contribution >= 4 is 11.9 Å². The van der Waals surface area contributed by atoms with Crippen LogP contribution in [0.25, 0.3) is 0 Å². The van der Waals surface area contributed by atoms with E-state index in [0.29, 0.717) is 36.9 Å². The van der Waals surface area contributed by atoms with Crippen LogP contribution in [0.5, 0.6) is 0 Å². The zero-order valence-electron chi connectivity index (χ0n) is 15.1. The minimum absolute atomic E-state index is 0.181. The summed E-state index contributed by atoms with van der Waals surface area (Å²) in [6, 6.07) is 9.90. The van der Waals surface area contributed by atoms with Crippen LogP contribution in [0, 0.1) is 5.92 Å². The van der Waals surface area contributed by atoms with Gasteiger partial charge in [-0.3, -0.25) is 4.79 Å². The van der Waals surface area contributed by atoms with E-state index in [1.165, 1.54) is 0 Å². The molecule has 0 saturated heterocycles. The summed E-state index contributed by atoms with van der Waals surface area (Å²) in [4.78, 5) is 23.6. The Balaban J connectivity index is 1.94. The van der Waals surface area contributed by atoms with Crippen molar-refractivity contribution in [1.29, 1.82) is 0 Å². The predicted octanol–water partition coefficient (Wildman–Crippen LogP) is 3.44.